The van der Waals surface area contributed by atoms with Gasteiger partial charge in [0.25, 0.3) is 0 Å². The summed E-state index contributed by atoms with van der Waals surface area (Å²) < 4.78 is 0. The number of hydrogen-bond donors (Lipinski definition) is 4. The second kappa shape index (κ2) is 10.4. The largest absolute Gasteiger partial charge is 0.480 e. The monoisotopic (exact) mass is 335 g/mol. The van der Waals surface area contributed by atoms with Crippen LogP contribution in [-0.2, 0) is 20.8 Å². The van der Waals surface area contributed by atoms with Gasteiger partial charge < -0.3 is 21.5 Å². The fourth-order valence-corrected chi connectivity index (χ4v) is 2.33. The Labute approximate surface area is 141 Å². The number of nitrogens with two attached hydrogens (primary N) is 1. The summed E-state index contributed by atoms with van der Waals surface area (Å²) in [6.45, 7) is 1.80. The zero-order valence-electron chi connectivity index (χ0n) is 13.8. The van der Waals surface area contributed by atoms with Crippen molar-refractivity contribution in [2.24, 2.45) is 5.73 Å². The zero-order chi connectivity index (χ0) is 17.9. The van der Waals surface area contributed by atoms with Crippen LogP contribution in [0.3, 0.4) is 0 Å². The van der Waals surface area contributed by atoms with Gasteiger partial charge in [0.05, 0.1) is 0 Å². The smallest absolute Gasteiger partial charge is 0.326 e. The minimum Gasteiger partial charge on any atom is -0.480 e. The van der Waals surface area contributed by atoms with Gasteiger partial charge in [0, 0.05) is 13.3 Å². The number of carboxylic acids is 1. The molecule has 0 spiro atoms. The molecule has 0 fully saturated rings. The van der Waals surface area contributed by atoms with Crippen molar-refractivity contribution in [3.05, 3.63) is 35.9 Å². The van der Waals surface area contributed by atoms with E-state index in [1.807, 2.05) is 30.3 Å². The maximum Gasteiger partial charge on any atom is 0.326 e. The lowest BCUT2D eigenvalue weighted by molar-refractivity contribution is -0.142. The molecule has 7 heteroatoms. The van der Waals surface area contributed by atoms with Gasteiger partial charge in [-0.25, -0.2) is 4.79 Å². The van der Waals surface area contributed by atoms with Crippen molar-refractivity contribution in [3.8, 4) is 0 Å². The molecule has 0 unspecified atom stereocenters. The summed E-state index contributed by atoms with van der Waals surface area (Å²) >= 11 is 0. The number of benzene rings is 1. The van der Waals surface area contributed by atoms with Gasteiger partial charge in [0.2, 0.25) is 11.8 Å². The standard InChI is InChI=1S/C17H25N3O4/c1-12(21)19-15(11-13-7-3-2-4-8-13)16(22)20-14(17(23)24)9-5-6-10-18/h2-4,7-8,14-15H,5-6,9-11,18H2,1H3,(H,19,21)(H,20,22)(H,23,24)/t14-,15-/m0/s1. The topological polar surface area (TPSA) is 122 Å². The van der Waals surface area contributed by atoms with Crippen molar-refractivity contribution < 1.29 is 19.5 Å². The van der Waals surface area contributed by atoms with Crippen LogP contribution in [0, 0.1) is 0 Å². The maximum absolute atomic E-state index is 12.4. The first-order chi connectivity index (χ1) is 11.4. The van der Waals surface area contributed by atoms with Gasteiger partial charge in [-0.15, -0.1) is 0 Å². The third-order valence-electron chi connectivity index (χ3n) is 3.54. The molecule has 0 aromatic heterocycles. The zero-order valence-corrected chi connectivity index (χ0v) is 13.8. The van der Waals surface area contributed by atoms with E-state index in [-0.39, 0.29) is 5.91 Å². The normalized spacial score (nSPS) is 12.9. The molecule has 7 nitrogen and oxygen atoms in total. The highest BCUT2D eigenvalue weighted by atomic mass is 16.4. The molecule has 0 saturated heterocycles. The van der Waals surface area contributed by atoms with Crippen molar-refractivity contribution >= 4 is 17.8 Å². The van der Waals surface area contributed by atoms with Crippen LogP contribution in [0.1, 0.15) is 31.7 Å². The van der Waals surface area contributed by atoms with Crippen molar-refractivity contribution in [1.29, 1.82) is 0 Å². The van der Waals surface area contributed by atoms with E-state index in [9.17, 15) is 19.5 Å². The molecule has 0 aliphatic heterocycles. The lowest BCUT2D eigenvalue weighted by Gasteiger charge is -2.21. The highest BCUT2D eigenvalue weighted by Crippen LogP contribution is 2.06. The van der Waals surface area contributed by atoms with Crippen LogP contribution in [0.4, 0.5) is 0 Å². The second-order valence-corrected chi connectivity index (χ2v) is 5.63. The number of aliphatic carboxylic acids is 1. The molecule has 132 valence electrons. The number of nitrogens with one attached hydrogen (secondary N) is 2. The van der Waals surface area contributed by atoms with E-state index >= 15 is 0 Å². The summed E-state index contributed by atoms with van der Waals surface area (Å²) in [7, 11) is 0. The van der Waals surface area contributed by atoms with E-state index in [0.717, 1.165) is 5.56 Å². The van der Waals surface area contributed by atoms with Gasteiger partial charge >= 0.3 is 5.97 Å². The minimum absolute atomic E-state index is 0.293. The molecule has 1 rings (SSSR count). The van der Waals surface area contributed by atoms with E-state index in [1.54, 1.807) is 0 Å². The number of carbonyl (C=O) groups excluding carboxylic acids is 2. The van der Waals surface area contributed by atoms with Crippen LogP contribution in [0.25, 0.3) is 0 Å². The summed E-state index contributed by atoms with van der Waals surface area (Å²) in [4.78, 5) is 35.1. The van der Waals surface area contributed by atoms with Crippen molar-refractivity contribution in [2.75, 3.05) is 6.54 Å². The van der Waals surface area contributed by atoms with Gasteiger partial charge in [-0.3, -0.25) is 9.59 Å². The van der Waals surface area contributed by atoms with Crippen molar-refractivity contribution in [3.63, 3.8) is 0 Å². The van der Waals surface area contributed by atoms with Gasteiger partial charge in [-0.05, 0) is 31.4 Å². The Bertz CT molecular complexity index is 548. The molecule has 1 aromatic carbocycles. The Hall–Kier alpha value is -2.41. The average molecular weight is 335 g/mol. The number of hydrogen-bond acceptors (Lipinski definition) is 4. The maximum atomic E-state index is 12.4. The first-order valence-corrected chi connectivity index (χ1v) is 7.98. The molecule has 0 aliphatic rings. The lowest BCUT2D eigenvalue weighted by Crippen LogP contribution is -2.52. The van der Waals surface area contributed by atoms with Crippen molar-refractivity contribution in [1.82, 2.24) is 10.6 Å². The summed E-state index contributed by atoms with van der Waals surface area (Å²) in [5.41, 5.74) is 6.28. The fraction of sp³-hybridized carbons (Fsp3) is 0.471. The Balaban J connectivity index is 2.74. The predicted molar refractivity (Wildman–Crippen MR) is 90.2 cm³/mol. The first-order valence-electron chi connectivity index (χ1n) is 7.98. The summed E-state index contributed by atoms with van der Waals surface area (Å²) in [6.07, 6.45) is 1.90. The highest BCUT2D eigenvalue weighted by Gasteiger charge is 2.25. The number of unbranched alkanes of at least 4 members (excludes halogenated alkanes) is 1. The van der Waals surface area contributed by atoms with Crippen LogP contribution in [0.15, 0.2) is 30.3 Å². The van der Waals surface area contributed by atoms with E-state index in [0.29, 0.717) is 32.2 Å². The third kappa shape index (κ3) is 7.23. The summed E-state index contributed by atoms with van der Waals surface area (Å²) in [5.74, 6) is -1.95. The Morgan fingerprint density at radius 3 is 2.29 bits per heavy atom. The Kier molecular flexibility index (Phi) is 8.49. The SMILES string of the molecule is CC(=O)N[C@@H](Cc1ccccc1)C(=O)N[C@@H](CCCCN)C(=O)O. The molecule has 5 N–H and O–H groups in total. The summed E-state index contributed by atoms with van der Waals surface area (Å²) in [6, 6.07) is 7.42. The second-order valence-electron chi connectivity index (χ2n) is 5.63. The molecule has 1 aromatic rings. The Morgan fingerprint density at radius 2 is 1.75 bits per heavy atom. The van der Waals surface area contributed by atoms with E-state index in [4.69, 9.17) is 5.73 Å². The highest BCUT2D eigenvalue weighted by molar-refractivity contribution is 5.90. The molecule has 0 saturated carbocycles. The van der Waals surface area contributed by atoms with Crippen LogP contribution < -0.4 is 16.4 Å². The van der Waals surface area contributed by atoms with Gasteiger partial charge in [-0.2, -0.15) is 0 Å². The van der Waals surface area contributed by atoms with Crippen LogP contribution in [0.2, 0.25) is 0 Å². The molecule has 2 atom stereocenters. The Morgan fingerprint density at radius 1 is 1.08 bits per heavy atom. The third-order valence-corrected chi connectivity index (χ3v) is 3.54. The van der Waals surface area contributed by atoms with Gasteiger partial charge in [-0.1, -0.05) is 30.3 Å². The van der Waals surface area contributed by atoms with Crippen molar-refractivity contribution in [2.45, 2.75) is 44.7 Å². The van der Waals surface area contributed by atoms with Crippen LogP contribution in [0.5, 0.6) is 0 Å². The first kappa shape index (κ1) is 19.6. The number of rotatable bonds is 10. The number of carboxylic acid groups (broad SMARTS) is 1. The molecular formula is C17H25N3O4. The van der Waals surface area contributed by atoms with Gasteiger partial charge in [0.1, 0.15) is 12.1 Å². The van der Waals surface area contributed by atoms with E-state index in [1.165, 1.54) is 6.92 Å². The quantitative estimate of drug-likeness (QED) is 0.462. The minimum atomic E-state index is -1.10. The average Bonchev–Trinajstić information content (AvgIpc) is 2.53. The molecule has 0 bridgehead atoms. The van der Waals surface area contributed by atoms with Gasteiger partial charge in [0.15, 0.2) is 0 Å². The molecule has 2 amide bonds. The molecule has 24 heavy (non-hydrogen) atoms. The van der Waals surface area contributed by atoms with Crippen LogP contribution >= 0.6 is 0 Å². The molecular weight excluding hydrogens is 310 g/mol. The van der Waals surface area contributed by atoms with Crippen LogP contribution in [-0.4, -0.2) is 41.5 Å². The molecule has 0 aliphatic carbocycles. The molecule has 0 radical (unpaired) electrons. The lowest BCUT2D eigenvalue weighted by atomic mass is 10.0. The number of carbonyl (C=O) groups is 3. The van der Waals surface area contributed by atoms with E-state index < -0.39 is 24.0 Å². The number of amides is 2. The molecule has 0 heterocycles. The fourth-order valence-electron chi connectivity index (χ4n) is 2.33. The summed E-state index contributed by atoms with van der Waals surface area (Å²) in [5, 5.41) is 14.3. The predicted octanol–water partition coefficient (Wildman–Crippen LogP) is 0.432. The van der Waals surface area contributed by atoms with E-state index in [2.05, 4.69) is 10.6 Å².